The van der Waals surface area contributed by atoms with Crippen molar-refractivity contribution in [2.75, 3.05) is 7.11 Å². The van der Waals surface area contributed by atoms with Gasteiger partial charge < -0.3 is 9.84 Å². The zero-order valence-corrected chi connectivity index (χ0v) is 9.17. The molecule has 1 aromatic rings. The van der Waals surface area contributed by atoms with Crippen molar-refractivity contribution in [3.63, 3.8) is 0 Å². The van der Waals surface area contributed by atoms with Crippen molar-refractivity contribution in [3.8, 4) is 5.75 Å². The van der Waals surface area contributed by atoms with Gasteiger partial charge in [0.1, 0.15) is 11.6 Å². The largest absolute Gasteiger partial charge is 0.497 e. The van der Waals surface area contributed by atoms with E-state index in [1.165, 1.54) is 13.2 Å². The first-order valence-corrected chi connectivity index (χ1v) is 4.57. The quantitative estimate of drug-likeness (QED) is 0.676. The molecule has 0 fully saturated rings. The van der Waals surface area contributed by atoms with Crippen LogP contribution in [-0.4, -0.2) is 24.0 Å². The number of carbonyl (C=O) groups excluding carboxylic acids is 1. The Hall–Kier alpha value is -1.43. The first kappa shape index (κ1) is 11.6. The molecule has 0 amide bonds. The van der Waals surface area contributed by atoms with Crippen molar-refractivity contribution >= 4 is 27.7 Å². The van der Waals surface area contributed by atoms with Crippen molar-refractivity contribution in [3.05, 3.63) is 28.0 Å². The molecule has 0 bridgehead atoms. The molecule has 15 heavy (non-hydrogen) atoms. The maximum atomic E-state index is 13.3. The lowest BCUT2D eigenvalue weighted by Crippen LogP contribution is -2.14. The summed E-state index contributed by atoms with van der Waals surface area (Å²) in [6, 6.07) is 2.34. The molecule has 1 aromatic carbocycles. The highest BCUT2D eigenvalue weighted by molar-refractivity contribution is 9.10. The number of halogens is 2. The van der Waals surface area contributed by atoms with E-state index in [9.17, 15) is 14.0 Å². The summed E-state index contributed by atoms with van der Waals surface area (Å²) < 4.78 is 18.1. The van der Waals surface area contributed by atoms with Gasteiger partial charge >= 0.3 is 5.97 Å². The number of hydrogen-bond donors (Lipinski definition) is 1. The standard InChI is InChI=1S/C9H6BrFO4/c1-15-4-2-5(8(12)9(13)14)7(11)6(10)3-4/h2-3H,1H3,(H,13,14). The Morgan fingerprint density at radius 2 is 2.07 bits per heavy atom. The van der Waals surface area contributed by atoms with Gasteiger partial charge in [0.2, 0.25) is 0 Å². The number of hydrogen-bond acceptors (Lipinski definition) is 3. The summed E-state index contributed by atoms with van der Waals surface area (Å²) in [4.78, 5) is 21.5. The number of benzene rings is 1. The van der Waals surface area contributed by atoms with Crippen LogP contribution in [0.4, 0.5) is 4.39 Å². The van der Waals surface area contributed by atoms with Crippen LogP contribution < -0.4 is 4.74 Å². The molecule has 0 aliphatic rings. The van der Waals surface area contributed by atoms with Crippen LogP contribution in [0.2, 0.25) is 0 Å². The molecule has 0 aliphatic heterocycles. The predicted molar refractivity (Wildman–Crippen MR) is 52.6 cm³/mol. The Bertz CT molecular complexity index is 430. The van der Waals surface area contributed by atoms with Crippen LogP contribution in [0.1, 0.15) is 10.4 Å². The second kappa shape index (κ2) is 4.39. The second-order valence-electron chi connectivity index (χ2n) is 2.61. The Labute approximate surface area is 92.8 Å². The number of carbonyl (C=O) groups is 2. The summed E-state index contributed by atoms with van der Waals surface area (Å²) in [5.74, 6) is -3.74. The average Bonchev–Trinajstić information content (AvgIpc) is 2.20. The third-order valence-corrected chi connectivity index (χ3v) is 2.25. The van der Waals surface area contributed by atoms with Gasteiger partial charge in [0.05, 0.1) is 17.1 Å². The molecule has 0 saturated carbocycles. The van der Waals surface area contributed by atoms with Crippen LogP contribution in [0, 0.1) is 5.82 Å². The molecular formula is C9H6BrFO4. The molecule has 0 atom stereocenters. The van der Waals surface area contributed by atoms with Crippen molar-refractivity contribution in [1.82, 2.24) is 0 Å². The lowest BCUT2D eigenvalue weighted by molar-refractivity contribution is -0.131. The molecule has 4 nitrogen and oxygen atoms in total. The summed E-state index contributed by atoms with van der Waals surface area (Å²) in [5.41, 5.74) is -0.534. The molecule has 0 saturated heterocycles. The molecule has 0 heterocycles. The highest BCUT2D eigenvalue weighted by Gasteiger charge is 2.21. The number of carboxylic acid groups (broad SMARTS) is 1. The zero-order valence-electron chi connectivity index (χ0n) is 7.58. The van der Waals surface area contributed by atoms with Crippen molar-refractivity contribution in [2.45, 2.75) is 0 Å². The highest BCUT2D eigenvalue weighted by atomic mass is 79.9. The lowest BCUT2D eigenvalue weighted by Gasteiger charge is -2.05. The lowest BCUT2D eigenvalue weighted by atomic mass is 10.1. The molecule has 0 aromatic heterocycles. The van der Waals surface area contributed by atoms with E-state index in [4.69, 9.17) is 9.84 Å². The minimum absolute atomic E-state index is 0.0218. The molecule has 1 rings (SSSR count). The van der Waals surface area contributed by atoms with Gasteiger partial charge in [-0.3, -0.25) is 4.79 Å². The molecule has 0 radical (unpaired) electrons. The maximum absolute atomic E-state index is 13.3. The minimum Gasteiger partial charge on any atom is -0.497 e. The van der Waals surface area contributed by atoms with Crippen LogP contribution in [-0.2, 0) is 4.79 Å². The van der Waals surface area contributed by atoms with Gasteiger partial charge in [0.15, 0.2) is 0 Å². The average molecular weight is 277 g/mol. The summed E-state index contributed by atoms with van der Waals surface area (Å²) >= 11 is 2.85. The van der Waals surface area contributed by atoms with Gasteiger partial charge in [-0.05, 0) is 28.1 Å². The predicted octanol–water partition coefficient (Wildman–Crippen LogP) is 1.86. The third kappa shape index (κ3) is 2.33. The Kier molecular flexibility index (Phi) is 3.41. The Balaban J connectivity index is 3.34. The maximum Gasteiger partial charge on any atom is 0.377 e. The van der Waals surface area contributed by atoms with E-state index in [-0.39, 0.29) is 10.2 Å². The van der Waals surface area contributed by atoms with Crippen LogP contribution in [0.3, 0.4) is 0 Å². The van der Waals surface area contributed by atoms with Crippen molar-refractivity contribution in [2.24, 2.45) is 0 Å². The van der Waals surface area contributed by atoms with Crippen molar-refractivity contribution < 1.29 is 23.8 Å². The Morgan fingerprint density at radius 1 is 1.47 bits per heavy atom. The van der Waals surface area contributed by atoms with E-state index in [1.807, 2.05) is 0 Å². The molecule has 80 valence electrons. The van der Waals surface area contributed by atoms with E-state index >= 15 is 0 Å². The van der Waals surface area contributed by atoms with E-state index < -0.39 is 23.1 Å². The summed E-state index contributed by atoms with van der Waals surface area (Å²) in [6.45, 7) is 0. The summed E-state index contributed by atoms with van der Waals surface area (Å²) in [5, 5.41) is 8.44. The van der Waals surface area contributed by atoms with Gasteiger partial charge in [-0.15, -0.1) is 0 Å². The topological polar surface area (TPSA) is 63.6 Å². The van der Waals surface area contributed by atoms with Gasteiger partial charge in [0, 0.05) is 0 Å². The van der Waals surface area contributed by atoms with E-state index in [0.717, 1.165) is 6.07 Å². The number of Topliss-reactive ketones (excluding diaryl/α,β-unsaturated/α-hetero) is 1. The molecular weight excluding hydrogens is 271 g/mol. The van der Waals surface area contributed by atoms with E-state index in [2.05, 4.69) is 15.9 Å². The Morgan fingerprint density at radius 3 is 2.53 bits per heavy atom. The normalized spacial score (nSPS) is 9.80. The summed E-state index contributed by atoms with van der Waals surface area (Å²) in [7, 11) is 1.33. The smallest absolute Gasteiger partial charge is 0.377 e. The number of ether oxygens (including phenoxy) is 1. The van der Waals surface area contributed by atoms with Crippen LogP contribution in [0.15, 0.2) is 16.6 Å². The monoisotopic (exact) mass is 276 g/mol. The van der Waals surface area contributed by atoms with Crippen molar-refractivity contribution in [1.29, 1.82) is 0 Å². The van der Waals surface area contributed by atoms with Crippen LogP contribution >= 0.6 is 15.9 Å². The van der Waals surface area contributed by atoms with Gasteiger partial charge in [-0.1, -0.05) is 0 Å². The number of rotatable bonds is 3. The molecule has 1 N–H and O–H groups in total. The molecule has 6 heteroatoms. The van der Waals surface area contributed by atoms with Gasteiger partial charge in [-0.25, -0.2) is 9.18 Å². The van der Waals surface area contributed by atoms with Crippen LogP contribution in [0.25, 0.3) is 0 Å². The van der Waals surface area contributed by atoms with Gasteiger partial charge in [-0.2, -0.15) is 0 Å². The fourth-order valence-electron chi connectivity index (χ4n) is 0.962. The van der Waals surface area contributed by atoms with Gasteiger partial charge in [0.25, 0.3) is 5.78 Å². The molecule has 0 aliphatic carbocycles. The van der Waals surface area contributed by atoms with E-state index in [1.54, 1.807) is 0 Å². The first-order chi connectivity index (χ1) is 6.97. The second-order valence-corrected chi connectivity index (χ2v) is 3.46. The third-order valence-electron chi connectivity index (χ3n) is 1.68. The fourth-order valence-corrected chi connectivity index (χ4v) is 1.40. The van der Waals surface area contributed by atoms with E-state index in [0.29, 0.717) is 0 Å². The fraction of sp³-hybridized carbons (Fsp3) is 0.111. The zero-order chi connectivity index (χ0) is 11.6. The number of carboxylic acids is 1. The summed E-state index contributed by atoms with van der Waals surface area (Å²) in [6.07, 6.45) is 0. The molecule has 0 spiro atoms. The highest BCUT2D eigenvalue weighted by Crippen LogP contribution is 2.25. The minimum atomic E-state index is -1.71. The molecule has 0 unspecified atom stereocenters. The van der Waals surface area contributed by atoms with Crippen LogP contribution in [0.5, 0.6) is 5.75 Å². The number of ketones is 1. The SMILES string of the molecule is COc1cc(Br)c(F)c(C(=O)C(=O)O)c1. The number of aliphatic carboxylic acids is 1. The first-order valence-electron chi connectivity index (χ1n) is 3.78. The number of methoxy groups -OCH3 is 1.